The van der Waals surface area contributed by atoms with Crippen molar-refractivity contribution >= 4 is 5.91 Å². The van der Waals surface area contributed by atoms with E-state index in [-0.39, 0.29) is 11.9 Å². The molecule has 2 saturated heterocycles. The summed E-state index contributed by atoms with van der Waals surface area (Å²) in [5.74, 6) is 0.121. The molecule has 2 aliphatic rings. The lowest BCUT2D eigenvalue weighted by Crippen LogP contribution is -2.52. The quantitative estimate of drug-likeness (QED) is 0.642. The van der Waals surface area contributed by atoms with Gasteiger partial charge in [-0.05, 0) is 45.2 Å². The molecule has 1 amide bonds. The minimum absolute atomic E-state index is 0.121. The number of hydrogen-bond acceptors (Lipinski definition) is 4. The van der Waals surface area contributed by atoms with E-state index in [1.807, 2.05) is 4.90 Å². The van der Waals surface area contributed by atoms with Gasteiger partial charge in [0.1, 0.15) is 0 Å². The number of nitrogens with two attached hydrogens (primary N) is 1. The lowest BCUT2D eigenvalue weighted by Gasteiger charge is -2.30. The Morgan fingerprint density at radius 2 is 1.94 bits per heavy atom. The first kappa shape index (κ1) is 13.8. The van der Waals surface area contributed by atoms with Gasteiger partial charge < -0.3 is 21.3 Å². The monoisotopic (exact) mass is 254 g/mol. The Kier molecular flexibility index (Phi) is 5.41. The number of amides is 1. The molecule has 2 rings (SSSR count). The first-order valence-electron chi connectivity index (χ1n) is 7.26. The zero-order valence-electron chi connectivity index (χ0n) is 11.2. The third-order valence-electron chi connectivity index (χ3n) is 3.95. The second kappa shape index (κ2) is 7.07. The summed E-state index contributed by atoms with van der Waals surface area (Å²) in [5.41, 5.74) is 6.00. The van der Waals surface area contributed by atoms with Gasteiger partial charge in [0.2, 0.25) is 5.91 Å². The van der Waals surface area contributed by atoms with E-state index in [1.54, 1.807) is 0 Å². The highest BCUT2D eigenvalue weighted by molar-refractivity contribution is 5.82. The summed E-state index contributed by atoms with van der Waals surface area (Å²) >= 11 is 0. The smallest absolute Gasteiger partial charge is 0.240 e. The predicted octanol–water partition coefficient (Wildman–Crippen LogP) is -0.332. The Hall–Kier alpha value is -0.650. The molecule has 1 unspecified atom stereocenters. The van der Waals surface area contributed by atoms with Crippen LogP contribution in [0.5, 0.6) is 0 Å². The van der Waals surface area contributed by atoms with Crippen LogP contribution in [-0.4, -0.2) is 55.6 Å². The molecule has 0 saturated carbocycles. The van der Waals surface area contributed by atoms with E-state index in [2.05, 4.69) is 10.6 Å². The molecular weight excluding hydrogens is 228 g/mol. The van der Waals surface area contributed by atoms with Crippen molar-refractivity contribution in [3.63, 3.8) is 0 Å². The fraction of sp³-hybridized carbons (Fsp3) is 0.923. The molecule has 0 bridgehead atoms. The van der Waals surface area contributed by atoms with E-state index in [4.69, 9.17) is 5.73 Å². The van der Waals surface area contributed by atoms with Gasteiger partial charge in [0.15, 0.2) is 0 Å². The van der Waals surface area contributed by atoms with E-state index in [0.717, 1.165) is 51.9 Å². The number of likely N-dealkylation sites (tertiary alicyclic amines) is 1. The van der Waals surface area contributed by atoms with Crippen LogP contribution in [0.25, 0.3) is 0 Å². The number of piperidine rings is 2. The number of carbonyl (C=O) groups is 1. The Balaban J connectivity index is 1.69. The molecule has 2 heterocycles. The van der Waals surface area contributed by atoms with Gasteiger partial charge in [-0.3, -0.25) is 4.79 Å². The minimum atomic E-state index is -0.377. The second-order valence-electron chi connectivity index (χ2n) is 5.42. The topological polar surface area (TPSA) is 70.4 Å². The third kappa shape index (κ3) is 3.93. The Morgan fingerprint density at radius 3 is 2.61 bits per heavy atom. The van der Waals surface area contributed by atoms with Crippen molar-refractivity contribution in [2.24, 2.45) is 5.73 Å². The van der Waals surface area contributed by atoms with Gasteiger partial charge >= 0.3 is 0 Å². The predicted molar refractivity (Wildman–Crippen MR) is 72.3 cm³/mol. The number of carbonyl (C=O) groups excluding carboxylic acids is 1. The van der Waals surface area contributed by atoms with E-state index in [0.29, 0.717) is 12.6 Å². The van der Waals surface area contributed by atoms with E-state index < -0.39 is 0 Å². The number of nitrogens with one attached hydrogen (secondary N) is 2. The summed E-state index contributed by atoms with van der Waals surface area (Å²) in [6, 6.07) is 0.143. The molecule has 0 spiro atoms. The maximum absolute atomic E-state index is 12.1. The van der Waals surface area contributed by atoms with E-state index >= 15 is 0 Å². The van der Waals surface area contributed by atoms with Crippen molar-refractivity contribution in [2.45, 2.75) is 44.2 Å². The molecule has 0 aromatic carbocycles. The average molecular weight is 254 g/mol. The third-order valence-corrected chi connectivity index (χ3v) is 3.95. The Labute approximate surface area is 109 Å². The lowest BCUT2D eigenvalue weighted by molar-refractivity contribution is -0.133. The maximum Gasteiger partial charge on any atom is 0.240 e. The van der Waals surface area contributed by atoms with Crippen LogP contribution in [0.1, 0.15) is 32.1 Å². The van der Waals surface area contributed by atoms with Crippen molar-refractivity contribution in [1.82, 2.24) is 15.5 Å². The van der Waals surface area contributed by atoms with E-state index in [1.165, 1.54) is 6.42 Å². The summed E-state index contributed by atoms with van der Waals surface area (Å²) in [6.07, 6.45) is 5.75. The first-order valence-corrected chi connectivity index (χ1v) is 7.26. The van der Waals surface area contributed by atoms with E-state index in [9.17, 15) is 4.79 Å². The standard InChI is InChI=1S/C13H26N4O/c14-12(10-16-11-4-6-15-7-5-11)13(18)17-8-2-1-3-9-17/h11-12,15-16H,1-10,14H2. The molecule has 0 aromatic rings. The highest BCUT2D eigenvalue weighted by Crippen LogP contribution is 2.09. The molecule has 0 radical (unpaired) electrons. The van der Waals surface area contributed by atoms with Crippen LogP contribution in [0.2, 0.25) is 0 Å². The lowest BCUT2D eigenvalue weighted by atomic mass is 10.1. The largest absolute Gasteiger partial charge is 0.341 e. The summed E-state index contributed by atoms with van der Waals surface area (Å²) < 4.78 is 0. The Morgan fingerprint density at radius 1 is 1.28 bits per heavy atom. The van der Waals surface area contributed by atoms with Crippen molar-refractivity contribution in [3.05, 3.63) is 0 Å². The van der Waals surface area contributed by atoms with Crippen molar-refractivity contribution < 1.29 is 4.79 Å². The summed E-state index contributed by atoms with van der Waals surface area (Å²) in [6.45, 7) is 4.51. The van der Waals surface area contributed by atoms with Crippen molar-refractivity contribution in [3.8, 4) is 0 Å². The van der Waals surface area contributed by atoms with Gasteiger partial charge in [-0.1, -0.05) is 0 Å². The molecule has 5 heteroatoms. The fourth-order valence-electron chi connectivity index (χ4n) is 2.76. The molecule has 2 fully saturated rings. The van der Waals surface area contributed by atoms with Crippen LogP contribution >= 0.6 is 0 Å². The maximum atomic E-state index is 12.1. The molecule has 0 aliphatic carbocycles. The van der Waals surface area contributed by atoms with Crippen molar-refractivity contribution in [1.29, 1.82) is 0 Å². The molecule has 4 N–H and O–H groups in total. The van der Waals surface area contributed by atoms with Gasteiger partial charge in [-0.2, -0.15) is 0 Å². The van der Waals surface area contributed by atoms with Gasteiger partial charge in [0, 0.05) is 25.7 Å². The molecular formula is C13H26N4O. The number of rotatable bonds is 4. The molecule has 5 nitrogen and oxygen atoms in total. The molecule has 104 valence electrons. The van der Waals surface area contributed by atoms with Crippen LogP contribution in [0.4, 0.5) is 0 Å². The Bertz CT molecular complexity index is 260. The zero-order valence-corrected chi connectivity index (χ0v) is 11.2. The SMILES string of the molecule is NC(CNC1CCNCC1)C(=O)N1CCCCC1. The molecule has 0 aromatic heterocycles. The zero-order chi connectivity index (χ0) is 12.8. The van der Waals surface area contributed by atoms with Gasteiger partial charge in [-0.15, -0.1) is 0 Å². The van der Waals surface area contributed by atoms with Crippen LogP contribution in [0.3, 0.4) is 0 Å². The van der Waals surface area contributed by atoms with Crippen LogP contribution in [0, 0.1) is 0 Å². The molecule has 18 heavy (non-hydrogen) atoms. The number of hydrogen-bond donors (Lipinski definition) is 3. The molecule has 1 atom stereocenters. The average Bonchev–Trinajstić information content (AvgIpc) is 2.46. The van der Waals surface area contributed by atoms with Gasteiger partial charge in [0.05, 0.1) is 6.04 Å². The first-order chi connectivity index (χ1) is 8.77. The van der Waals surface area contributed by atoms with Crippen LogP contribution in [0.15, 0.2) is 0 Å². The minimum Gasteiger partial charge on any atom is -0.341 e. The summed E-state index contributed by atoms with van der Waals surface area (Å²) in [4.78, 5) is 14.0. The second-order valence-corrected chi connectivity index (χ2v) is 5.42. The van der Waals surface area contributed by atoms with Gasteiger partial charge in [-0.25, -0.2) is 0 Å². The molecule has 2 aliphatic heterocycles. The van der Waals surface area contributed by atoms with Gasteiger partial charge in [0.25, 0.3) is 0 Å². The fourth-order valence-corrected chi connectivity index (χ4v) is 2.76. The highest BCUT2D eigenvalue weighted by atomic mass is 16.2. The van der Waals surface area contributed by atoms with Crippen LogP contribution < -0.4 is 16.4 Å². The van der Waals surface area contributed by atoms with Crippen LogP contribution in [-0.2, 0) is 4.79 Å². The summed E-state index contributed by atoms with van der Waals surface area (Å²) in [5, 5.41) is 6.76. The highest BCUT2D eigenvalue weighted by Gasteiger charge is 2.23. The number of nitrogens with zero attached hydrogens (tertiary/aromatic N) is 1. The summed E-state index contributed by atoms with van der Waals surface area (Å²) in [7, 11) is 0. The van der Waals surface area contributed by atoms with Crippen molar-refractivity contribution in [2.75, 3.05) is 32.7 Å². The normalized spacial score (nSPS) is 23.9.